The molecule has 5 nitrogen and oxygen atoms in total. The minimum Gasteiger partial charge on any atom is -0.342 e. The summed E-state index contributed by atoms with van der Waals surface area (Å²) in [7, 11) is 0. The predicted molar refractivity (Wildman–Crippen MR) is 90.1 cm³/mol. The van der Waals surface area contributed by atoms with Crippen LogP contribution in [0.25, 0.3) is 0 Å². The van der Waals surface area contributed by atoms with Gasteiger partial charge in [-0.05, 0) is 32.6 Å². The molecule has 2 heterocycles. The third-order valence-electron chi connectivity index (χ3n) is 4.95. The van der Waals surface area contributed by atoms with Gasteiger partial charge in [0.2, 0.25) is 11.8 Å². The van der Waals surface area contributed by atoms with Gasteiger partial charge in [0.15, 0.2) is 5.82 Å². The Bertz CT molecular complexity index is 478. The number of likely N-dealkylation sites (tertiary alicyclic amines) is 1. The van der Waals surface area contributed by atoms with Crippen LogP contribution in [0.2, 0.25) is 0 Å². The van der Waals surface area contributed by atoms with Gasteiger partial charge in [-0.1, -0.05) is 44.7 Å². The standard InChI is InChI=1S/C18H31N3O2/c1-4-6-7-8-9-15(5-2)18(22)21-12-10-16(11-13-21)17-19-14(3)20-23-17/h15-16H,4-13H2,1-3H3. The SMILES string of the molecule is CCCCCCC(CC)C(=O)N1CCC(c2nc(C)no2)CC1. The Balaban J connectivity index is 1.79. The van der Waals surface area contributed by atoms with Gasteiger partial charge in [-0.25, -0.2) is 0 Å². The van der Waals surface area contributed by atoms with E-state index in [1.807, 2.05) is 11.8 Å². The molecule has 0 bridgehead atoms. The third-order valence-corrected chi connectivity index (χ3v) is 4.95. The number of carbonyl (C=O) groups excluding carboxylic acids is 1. The molecule has 2 rings (SSSR count). The first-order chi connectivity index (χ1) is 11.2. The maximum atomic E-state index is 12.7. The Labute approximate surface area is 139 Å². The average molecular weight is 321 g/mol. The lowest BCUT2D eigenvalue weighted by Crippen LogP contribution is -2.41. The number of aryl methyl sites for hydroxylation is 1. The monoisotopic (exact) mass is 321 g/mol. The molecule has 0 N–H and O–H groups in total. The first-order valence-corrected chi connectivity index (χ1v) is 9.24. The van der Waals surface area contributed by atoms with Crippen molar-refractivity contribution in [2.75, 3.05) is 13.1 Å². The fraction of sp³-hybridized carbons (Fsp3) is 0.833. The van der Waals surface area contributed by atoms with Crippen molar-refractivity contribution in [2.45, 2.75) is 78.1 Å². The summed E-state index contributed by atoms with van der Waals surface area (Å²) >= 11 is 0. The van der Waals surface area contributed by atoms with Crippen molar-refractivity contribution in [3.05, 3.63) is 11.7 Å². The summed E-state index contributed by atoms with van der Waals surface area (Å²) in [5.74, 6) is 2.29. The number of aromatic nitrogens is 2. The topological polar surface area (TPSA) is 59.2 Å². The van der Waals surface area contributed by atoms with Gasteiger partial charge < -0.3 is 9.42 Å². The van der Waals surface area contributed by atoms with Gasteiger partial charge in [-0.15, -0.1) is 0 Å². The number of rotatable bonds is 8. The zero-order valence-electron chi connectivity index (χ0n) is 14.9. The Morgan fingerprint density at radius 3 is 2.57 bits per heavy atom. The zero-order valence-corrected chi connectivity index (χ0v) is 14.9. The largest absolute Gasteiger partial charge is 0.342 e. The summed E-state index contributed by atoms with van der Waals surface area (Å²) in [5, 5.41) is 3.87. The molecule has 1 saturated heterocycles. The maximum Gasteiger partial charge on any atom is 0.229 e. The van der Waals surface area contributed by atoms with E-state index in [-0.39, 0.29) is 5.92 Å². The Kier molecular flexibility index (Phi) is 7.06. The molecule has 0 spiro atoms. The van der Waals surface area contributed by atoms with Crippen LogP contribution in [0.4, 0.5) is 0 Å². The highest BCUT2D eigenvalue weighted by molar-refractivity contribution is 5.78. The number of amides is 1. The van der Waals surface area contributed by atoms with Gasteiger partial charge >= 0.3 is 0 Å². The second-order valence-electron chi connectivity index (χ2n) is 6.73. The van der Waals surface area contributed by atoms with Crippen molar-refractivity contribution in [1.29, 1.82) is 0 Å². The molecule has 1 aromatic rings. The van der Waals surface area contributed by atoms with Gasteiger partial charge in [0.1, 0.15) is 0 Å². The van der Waals surface area contributed by atoms with Crippen LogP contribution in [0, 0.1) is 12.8 Å². The first-order valence-electron chi connectivity index (χ1n) is 9.24. The number of hydrogen-bond donors (Lipinski definition) is 0. The molecule has 0 aromatic carbocycles. The van der Waals surface area contributed by atoms with Crippen molar-refractivity contribution in [2.24, 2.45) is 5.92 Å². The molecule has 0 radical (unpaired) electrons. The Morgan fingerprint density at radius 1 is 1.26 bits per heavy atom. The first kappa shape index (κ1) is 18.0. The minimum atomic E-state index is 0.203. The molecule has 0 aliphatic carbocycles. The van der Waals surface area contributed by atoms with Crippen molar-refractivity contribution < 1.29 is 9.32 Å². The van der Waals surface area contributed by atoms with E-state index in [1.165, 1.54) is 25.7 Å². The van der Waals surface area contributed by atoms with E-state index in [0.29, 0.717) is 17.6 Å². The van der Waals surface area contributed by atoms with E-state index in [9.17, 15) is 4.79 Å². The van der Waals surface area contributed by atoms with Gasteiger partial charge in [-0.3, -0.25) is 4.79 Å². The molecule has 1 aromatic heterocycles. The fourth-order valence-electron chi connectivity index (χ4n) is 3.40. The number of piperidine rings is 1. The van der Waals surface area contributed by atoms with Crippen molar-refractivity contribution >= 4 is 5.91 Å². The number of nitrogens with zero attached hydrogens (tertiary/aromatic N) is 3. The lowest BCUT2D eigenvalue weighted by Gasteiger charge is -2.33. The quantitative estimate of drug-likeness (QED) is 0.677. The van der Waals surface area contributed by atoms with E-state index in [2.05, 4.69) is 24.0 Å². The van der Waals surface area contributed by atoms with Crippen LogP contribution in [0.5, 0.6) is 0 Å². The highest BCUT2D eigenvalue weighted by Crippen LogP contribution is 2.28. The summed E-state index contributed by atoms with van der Waals surface area (Å²) in [6, 6.07) is 0. The number of carbonyl (C=O) groups is 1. The van der Waals surface area contributed by atoms with Crippen molar-refractivity contribution in [3.63, 3.8) is 0 Å². The van der Waals surface area contributed by atoms with Crippen LogP contribution in [0.3, 0.4) is 0 Å². The molecule has 1 fully saturated rings. The molecule has 5 heteroatoms. The Hall–Kier alpha value is -1.39. The molecule has 130 valence electrons. The lowest BCUT2D eigenvalue weighted by atomic mass is 9.93. The summed E-state index contributed by atoms with van der Waals surface area (Å²) in [4.78, 5) is 19.1. The molecule has 1 aliphatic rings. The van der Waals surface area contributed by atoms with E-state index in [0.717, 1.165) is 44.7 Å². The second kappa shape index (κ2) is 9.04. The average Bonchev–Trinajstić information content (AvgIpc) is 3.01. The highest BCUT2D eigenvalue weighted by Gasteiger charge is 2.29. The van der Waals surface area contributed by atoms with Crippen LogP contribution >= 0.6 is 0 Å². The molecule has 0 saturated carbocycles. The van der Waals surface area contributed by atoms with E-state index < -0.39 is 0 Å². The van der Waals surface area contributed by atoms with Gasteiger partial charge in [0, 0.05) is 24.9 Å². The van der Waals surface area contributed by atoms with Crippen LogP contribution in [0.15, 0.2) is 4.52 Å². The van der Waals surface area contributed by atoms with E-state index in [1.54, 1.807) is 0 Å². The van der Waals surface area contributed by atoms with Gasteiger partial charge in [0.05, 0.1) is 0 Å². The van der Waals surface area contributed by atoms with Crippen LogP contribution in [-0.2, 0) is 4.79 Å². The van der Waals surface area contributed by atoms with E-state index >= 15 is 0 Å². The summed E-state index contributed by atoms with van der Waals surface area (Å²) < 4.78 is 5.28. The Morgan fingerprint density at radius 2 is 2.00 bits per heavy atom. The van der Waals surface area contributed by atoms with Crippen molar-refractivity contribution in [1.82, 2.24) is 15.0 Å². The smallest absolute Gasteiger partial charge is 0.229 e. The second-order valence-corrected chi connectivity index (χ2v) is 6.73. The predicted octanol–water partition coefficient (Wildman–Crippen LogP) is 4.08. The van der Waals surface area contributed by atoms with Gasteiger partial charge in [-0.2, -0.15) is 4.98 Å². The van der Waals surface area contributed by atoms with Crippen LogP contribution < -0.4 is 0 Å². The van der Waals surface area contributed by atoms with Crippen molar-refractivity contribution in [3.8, 4) is 0 Å². The highest BCUT2D eigenvalue weighted by atomic mass is 16.5. The molecule has 1 atom stereocenters. The fourth-order valence-corrected chi connectivity index (χ4v) is 3.40. The molecule has 1 amide bonds. The zero-order chi connectivity index (χ0) is 16.7. The minimum absolute atomic E-state index is 0.203. The van der Waals surface area contributed by atoms with E-state index in [4.69, 9.17) is 4.52 Å². The van der Waals surface area contributed by atoms with Crippen LogP contribution in [0.1, 0.15) is 82.8 Å². The molecule has 1 unspecified atom stereocenters. The number of hydrogen-bond acceptors (Lipinski definition) is 4. The molecule has 23 heavy (non-hydrogen) atoms. The third kappa shape index (κ3) is 5.05. The summed E-state index contributed by atoms with van der Waals surface area (Å²) in [6.07, 6.45) is 8.80. The molecule has 1 aliphatic heterocycles. The lowest BCUT2D eigenvalue weighted by molar-refractivity contribution is -0.137. The summed E-state index contributed by atoms with van der Waals surface area (Å²) in [6.45, 7) is 7.83. The molecular formula is C18H31N3O2. The maximum absolute atomic E-state index is 12.7. The van der Waals surface area contributed by atoms with Crippen LogP contribution in [-0.4, -0.2) is 34.0 Å². The normalized spacial score (nSPS) is 17.4. The van der Waals surface area contributed by atoms with Gasteiger partial charge in [0.25, 0.3) is 0 Å². The number of unbranched alkanes of at least 4 members (excludes halogenated alkanes) is 3. The summed E-state index contributed by atoms with van der Waals surface area (Å²) in [5.41, 5.74) is 0. The molecular weight excluding hydrogens is 290 g/mol.